The number of rotatable bonds is 9. The Morgan fingerprint density at radius 3 is 2.63 bits per heavy atom. The highest BCUT2D eigenvalue weighted by atomic mass is 32.1. The highest BCUT2D eigenvalue weighted by molar-refractivity contribution is 7.11. The number of methoxy groups -OCH3 is 1. The number of hydrogen-bond acceptors (Lipinski definition) is 6. The second-order valence-corrected chi connectivity index (χ2v) is 16.7. The number of thiophene rings is 1. The lowest BCUT2D eigenvalue weighted by Crippen LogP contribution is -2.49. The van der Waals surface area contributed by atoms with Crippen LogP contribution in [0.2, 0.25) is 18.1 Å². The minimum atomic E-state index is -2.04. The number of carbonyl (C=O) groups is 2. The first-order chi connectivity index (χ1) is 17.9. The average Bonchev–Trinajstić information content (AvgIpc) is 3.40. The van der Waals surface area contributed by atoms with Crippen molar-refractivity contribution >= 4 is 42.9 Å². The van der Waals surface area contributed by atoms with Gasteiger partial charge in [0.05, 0.1) is 31.0 Å². The molecule has 0 saturated heterocycles. The van der Waals surface area contributed by atoms with Crippen LogP contribution < -0.4 is 10.1 Å². The molecule has 0 fully saturated rings. The van der Waals surface area contributed by atoms with Crippen molar-refractivity contribution in [3.8, 4) is 5.75 Å². The third-order valence-electron chi connectivity index (χ3n) is 7.31. The number of nitrogens with zero attached hydrogens (tertiary/aromatic N) is 1. The van der Waals surface area contributed by atoms with Crippen molar-refractivity contribution in [2.24, 2.45) is 0 Å². The van der Waals surface area contributed by atoms with E-state index in [1.165, 1.54) is 16.5 Å². The average molecular weight is 557 g/mol. The molecule has 0 unspecified atom stereocenters. The molecular formula is C29H40N2O5SSi. The van der Waals surface area contributed by atoms with Crippen LogP contribution in [-0.2, 0) is 9.16 Å². The van der Waals surface area contributed by atoms with E-state index in [1.807, 2.05) is 17.9 Å². The van der Waals surface area contributed by atoms with Gasteiger partial charge in [0.15, 0.2) is 8.32 Å². The van der Waals surface area contributed by atoms with Gasteiger partial charge in [-0.25, -0.2) is 4.79 Å². The lowest BCUT2D eigenvalue weighted by Gasteiger charge is -2.41. The first-order valence-corrected chi connectivity index (χ1v) is 16.6. The third-order valence-corrected chi connectivity index (χ3v) is 12.8. The molecule has 38 heavy (non-hydrogen) atoms. The van der Waals surface area contributed by atoms with E-state index >= 15 is 0 Å². The zero-order valence-corrected chi connectivity index (χ0v) is 25.4. The lowest BCUT2D eigenvalue weighted by molar-refractivity contribution is 0.0628. The summed E-state index contributed by atoms with van der Waals surface area (Å²) in [6, 6.07) is 7.42. The first kappa shape index (κ1) is 29.7. The second-order valence-electron chi connectivity index (χ2n) is 11.0. The van der Waals surface area contributed by atoms with Crippen LogP contribution in [0.3, 0.4) is 0 Å². The number of benzene rings is 1. The number of carbonyl (C=O) groups excluding carboxylic acids is 2. The summed E-state index contributed by atoms with van der Waals surface area (Å²) in [5, 5.41) is 4.85. The molecule has 2 amide bonds. The fourth-order valence-electron chi connectivity index (χ4n) is 4.01. The summed E-state index contributed by atoms with van der Waals surface area (Å²) in [7, 11) is -0.481. The summed E-state index contributed by atoms with van der Waals surface area (Å²) in [5.41, 5.74) is 2.73. The maximum atomic E-state index is 14.1. The van der Waals surface area contributed by atoms with Crippen LogP contribution in [-0.4, -0.2) is 58.1 Å². The Hall–Kier alpha value is -2.88. The molecule has 3 rings (SSSR count). The first-order valence-electron chi connectivity index (χ1n) is 12.8. The van der Waals surface area contributed by atoms with Gasteiger partial charge in [-0.2, -0.15) is 0 Å². The maximum absolute atomic E-state index is 14.1. The van der Waals surface area contributed by atoms with Gasteiger partial charge in [-0.3, -0.25) is 10.1 Å². The van der Waals surface area contributed by atoms with E-state index < -0.39 is 14.4 Å². The Bertz CT molecular complexity index is 1180. The zero-order valence-electron chi connectivity index (χ0n) is 23.6. The molecular weight excluding hydrogens is 516 g/mol. The molecule has 0 bridgehead atoms. The van der Waals surface area contributed by atoms with Crippen LogP contribution in [0.4, 0.5) is 10.5 Å². The lowest BCUT2D eigenvalue weighted by atomic mass is 9.97. The quantitative estimate of drug-likeness (QED) is 0.263. The molecule has 1 aromatic heterocycles. The number of anilines is 1. The van der Waals surface area contributed by atoms with Crippen LogP contribution in [0.1, 0.15) is 48.0 Å². The van der Waals surface area contributed by atoms with Gasteiger partial charge in [0, 0.05) is 11.4 Å². The standard InChI is InChI=1S/C29H40N2O5SSi/c1-9-14-35-28(33)30-24-16-20(2)25(34-6)18-23(24)27(32)31-13-12-21(26-11-10-15-37-26)17-22(31)19-36-38(7,8)29(3,4)5/h9-12,15-16,18,22H,1,13-14,17,19H2,2-8H3,(H,30,33)/t22-/m0/s1. The molecule has 2 heterocycles. The molecule has 1 atom stereocenters. The van der Waals surface area contributed by atoms with Crippen molar-refractivity contribution in [3.63, 3.8) is 0 Å². The fourth-order valence-corrected chi connectivity index (χ4v) is 5.83. The van der Waals surface area contributed by atoms with Gasteiger partial charge in [0.2, 0.25) is 0 Å². The maximum Gasteiger partial charge on any atom is 0.411 e. The molecule has 0 aliphatic carbocycles. The van der Waals surface area contributed by atoms with Crippen molar-refractivity contribution in [1.82, 2.24) is 4.90 Å². The summed E-state index contributed by atoms with van der Waals surface area (Å²) >= 11 is 1.70. The van der Waals surface area contributed by atoms with Gasteiger partial charge in [-0.15, -0.1) is 11.3 Å². The molecule has 0 radical (unpaired) electrons. The van der Waals surface area contributed by atoms with Gasteiger partial charge in [0.25, 0.3) is 5.91 Å². The summed E-state index contributed by atoms with van der Waals surface area (Å²) in [4.78, 5) is 29.5. The molecule has 206 valence electrons. The summed E-state index contributed by atoms with van der Waals surface area (Å²) < 4.78 is 17.2. The summed E-state index contributed by atoms with van der Waals surface area (Å²) in [6.07, 6.45) is 3.64. The fraction of sp³-hybridized carbons (Fsp3) is 0.448. The molecule has 1 aliphatic heterocycles. The van der Waals surface area contributed by atoms with Gasteiger partial charge in [-0.05, 0) is 66.2 Å². The summed E-state index contributed by atoms with van der Waals surface area (Å²) in [5.74, 6) is 0.367. The van der Waals surface area contributed by atoms with Crippen LogP contribution in [0.25, 0.3) is 5.57 Å². The Morgan fingerprint density at radius 1 is 1.29 bits per heavy atom. The zero-order chi connectivity index (χ0) is 28.1. The smallest absolute Gasteiger partial charge is 0.411 e. The molecule has 0 saturated carbocycles. The second kappa shape index (κ2) is 12.3. The minimum Gasteiger partial charge on any atom is -0.496 e. The van der Waals surface area contributed by atoms with Crippen LogP contribution in [0.15, 0.2) is 48.4 Å². The molecule has 0 spiro atoms. The van der Waals surface area contributed by atoms with E-state index in [2.05, 4.69) is 63.3 Å². The predicted molar refractivity (Wildman–Crippen MR) is 158 cm³/mol. The molecule has 7 nitrogen and oxygen atoms in total. The van der Waals surface area contributed by atoms with Crippen LogP contribution in [0, 0.1) is 6.92 Å². The normalized spacial score (nSPS) is 16.0. The third kappa shape index (κ3) is 6.95. The van der Waals surface area contributed by atoms with Gasteiger partial charge < -0.3 is 18.8 Å². The van der Waals surface area contributed by atoms with E-state index in [4.69, 9.17) is 13.9 Å². The highest BCUT2D eigenvalue weighted by Gasteiger charge is 2.39. The molecule has 1 aromatic carbocycles. The Labute approximate surface area is 231 Å². The molecule has 9 heteroatoms. The van der Waals surface area contributed by atoms with Crippen LogP contribution >= 0.6 is 11.3 Å². The molecule has 2 aromatic rings. The predicted octanol–water partition coefficient (Wildman–Crippen LogP) is 7.12. The largest absolute Gasteiger partial charge is 0.496 e. The minimum absolute atomic E-state index is 0.0517. The number of aryl methyl sites for hydroxylation is 1. The Balaban J connectivity index is 1.97. The van der Waals surface area contributed by atoms with E-state index in [-0.39, 0.29) is 23.6 Å². The number of amides is 2. The van der Waals surface area contributed by atoms with E-state index in [9.17, 15) is 9.59 Å². The topological polar surface area (TPSA) is 77.1 Å². The Kier molecular flexibility index (Phi) is 9.62. The van der Waals surface area contributed by atoms with Crippen molar-refractivity contribution < 1.29 is 23.5 Å². The van der Waals surface area contributed by atoms with Gasteiger partial charge in [0.1, 0.15) is 12.4 Å². The summed E-state index contributed by atoms with van der Waals surface area (Å²) in [6.45, 7) is 17.5. The van der Waals surface area contributed by atoms with Crippen molar-refractivity contribution in [1.29, 1.82) is 0 Å². The molecule has 1 N–H and O–H groups in total. The number of hydrogen-bond donors (Lipinski definition) is 1. The van der Waals surface area contributed by atoms with Gasteiger partial charge in [-0.1, -0.05) is 45.6 Å². The van der Waals surface area contributed by atoms with E-state index in [0.717, 1.165) is 5.56 Å². The monoisotopic (exact) mass is 556 g/mol. The van der Waals surface area contributed by atoms with E-state index in [1.54, 1.807) is 30.6 Å². The van der Waals surface area contributed by atoms with Crippen molar-refractivity contribution in [3.05, 3.63) is 64.4 Å². The number of nitrogens with one attached hydrogen (secondary N) is 1. The van der Waals surface area contributed by atoms with Gasteiger partial charge >= 0.3 is 6.09 Å². The van der Waals surface area contributed by atoms with Crippen molar-refractivity contribution in [2.45, 2.75) is 58.3 Å². The highest BCUT2D eigenvalue weighted by Crippen LogP contribution is 2.38. The molecule has 1 aliphatic rings. The SMILES string of the molecule is C=CCOC(=O)Nc1cc(C)c(OC)cc1C(=O)N1CC=C(c2cccs2)C[C@H]1CO[Si](C)(C)C(C)(C)C. The number of ether oxygens (including phenoxy) is 2. The van der Waals surface area contributed by atoms with Crippen molar-refractivity contribution in [2.75, 3.05) is 32.2 Å². The van der Waals surface area contributed by atoms with E-state index in [0.29, 0.717) is 36.6 Å². The van der Waals surface area contributed by atoms with Crippen LogP contribution in [0.5, 0.6) is 5.75 Å². The Morgan fingerprint density at radius 2 is 2.03 bits per heavy atom.